The quantitative estimate of drug-likeness (QED) is 0.369. The molecule has 3 N–H and O–H groups in total. The van der Waals surface area contributed by atoms with Gasteiger partial charge in [-0.2, -0.15) is 10.2 Å². The summed E-state index contributed by atoms with van der Waals surface area (Å²) >= 11 is 1.47. The summed E-state index contributed by atoms with van der Waals surface area (Å²) in [6.07, 6.45) is 3.64. The van der Waals surface area contributed by atoms with Crippen molar-refractivity contribution in [2.24, 2.45) is 25.0 Å². The minimum atomic E-state index is 0.0620. The number of amidine groups is 1. The van der Waals surface area contributed by atoms with Gasteiger partial charge in [-0.25, -0.2) is 0 Å². The molecule has 0 fully saturated rings. The number of nitrogens with two attached hydrogens (primary N) is 1. The number of hydrogen-bond acceptors (Lipinski definition) is 5. The van der Waals surface area contributed by atoms with Crippen LogP contribution in [0.4, 0.5) is 0 Å². The molecule has 96 valence electrons. The monoisotopic (exact) mass is 266 g/mol. The van der Waals surface area contributed by atoms with Crippen LogP contribution in [0.2, 0.25) is 0 Å². The van der Waals surface area contributed by atoms with E-state index in [2.05, 4.69) is 15.4 Å². The summed E-state index contributed by atoms with van der Waals surface area (Å²) in [6.45, 7) is 1.82. The zero-order chi connectivity index (χ0) is 13.3. The third-order valence-corrected chi connectivity index (χ3v) is 3.54. The molecule has 2 heterocycles. The van der Waals surface area contributed by atoms with Gasteiger partial charge in [-0.15, -0.1) is 0 Å². The zero-order valence-corrected chi connectivity index (χ0v) is 11.1. The van der Waals surface area contributed by atoms with E-state index in [1.54, 1.807) is 15.6 Å². The smallest absolute Gasteiger partial charge is 0.174 e. The predicted molar refractivity (Wildman–Crippen MR) is 67.8 cm³/mol. The van der Waals surface area contributed by atoms with Gasteiger partial charge in [0.15, 0.2) is 5.84 Å². The first-order chi connectivity index (χ1) is 8.52. The Balaban J connectivity index is 2.44. The van der Waals surface area contributed by atoms with Gasteiger partial charge >= 0.3 is 0 Å². The predicted octanol–water partition coefficient (Wildman–Crippen LogP) is 0.708. The van der Waals surface area contributed by atoms with Crippen LogP contribution in [0.3, 0.4) is 0 Å². The molecule has 18 heavy (non-hydrogen) atoms. The number of rotatable bonds is 3. The molecule has 2 aromatic rings. The van der Waals surface area contributed by atoms with Gasteiger partial charge in [0.2, 0.25) is 0 Å². The standard InChI is InChI=1S/C10H14N6OS/c1-6-8(9(11)14-17)10(16(3)13-6)18-7-4-12-15(2)5-7/h4-5,17H,1-3H3,(H2,11,14). The molecule has 0 saturated carbocycles. The summed E-state index contributed by atoms with van der Waals surface area (Å²) < 4.78 is 3.43. The van der Waals surface area contributed by atoms with E-state index in [1.807, 2.05) is 27.2 Å². The highest BCUT2D eigenvalue weighted by Gasteiger charge is 2.18. The van der Waals surface area contributed by atoms with Gasteiger partial charge in [0, 0.05) is 20.3 Å². The molecule has 8 heteroatoms. The molecule has 0 amide bonds. The van der Waals surface area contributed by atoms with Gasteiger partial charge < -0.3 is 10.9 Å². The molecular formula is C10H14N6OS. The van der Waals surface area contributed by atoms with Crippen molar-refractivity contribution in [2.75, 3.05) is 0 Å². The van der Waals surface area contributed by atoms with Crippen molar-refractivity contribution in [1.29, 1.82) is 0 Å². The van der Waals surface area contributed by atoms with E-state index in [0.29, 0.717) is 5.56 Å². The van der Waals surface area contributed by atoms with Crippen LogP contribution in [0.25, 0.3) is 0 Å². The molecule has 0 bridgehead atoms. The van der Waals surface area contributed by atoms with Crippen molar-refractivity contribution < 1.29 is 5.21 Å². The molecule has 2 aromatic heterocycles. The van der Waals surface area contributed by atoms with Crippen LogP contribution in [0, 0.1) is 6.92 Å². The second kappa shape index (κ2) is 4.73. The fraction of sp³-hybridized carbons (Fsp3) is 0.300. The Morgan fingerprint density at radius 2 is 2.22 bits per heavy atom. The van der Waals surface area contributed by atoms with E-state index in [1.165, 1.54) is 11.8 Å². The number of nitrogens with zero attached hydrogens (tertiary/aromatic N) is 5. The van der Waals surface area contributed by atoms with E-state index < -0.39 is 0 Å². The average molecular weight is 266 g/mol. The molecule has 0 radical (unpaired) electrons. The number of oxime groups is 1. The van der Waals surface area contributed by atoms with Crippen molar-refractivity contribution in [3.8, 4) is 0 Å². The first kappa shape index (κ1) is 12.5. The fourth-order valence-corrected chi connectivity index (χ4v) is 2.72. The molecule has 2 rings (SSSR count). The Bertz CT molecular complexity index is 600. The number of hydrogen-bond donors (Lipinski definition) is 2. The normalized spacial score (nSPS) is 12.1. The van der Waals surface area contributed by atoms with Crippen molar-refractivity contribution >= 4 is 17.6 Å². The SMILES string of the molecule is Cc1nn(C)c(Sc2cnn(C)c2)c1C(N)=NO. The van der Waals surface area contributed by atoms with Crippen LogP contribution in [-0.4, -0.2) is 30.6 Å². The van der Waals surface area contributed by atoms with Crippen molar-refractivity contribution in [3.63, 3.8) is 0 Å². The number of aromatic nitrogens is 4. The van der Waals surface area contributed by atoms with Crippen LogP contribution in [0.15, 0.2) is 27.5 Å². The molecule has 0 spiro atoms. The van der Waals surface area contributed by atoms with E-state index in [-0.39, 0.29) is 5.84 Å². The lowest BCUT2D eigenvalue weighted by Crippen LogP contribution is -2.14. The van der Waals surface area contributed by atoms with Gasteiger partial charge in [0.05, 0.1) is 22.3 Å². The maximum atomic E-state index is 8.82. The third-order valence-electron chi connectivity index (χ3n) is 2.43. The zero-order valence-electron chi connectivity index (χ0n) is 10.3. The molecule has 0 aliphatic rings. The lowest BCUT2D eigenvalue weighted by molar-refractivity contribution is 0.318. The maximum Gasteiger partial charge on any atom is 0.174 e. The molecular weight excluding hydrogens is 252 g/mol. The Labute approximate surface area is 108 Å². The first-order valence-electron chi connectivity index (χ1n) is 5.21. The summed E-state index contributed by atoms with van der Waals surface area (Å²) in [5.74, 6) is 0.0620. The molecule has 0 aromatic carbocycles. The highest BCUT2D eigenvalue weighted by atomic mass is 32.2. The Morgan fingerprint density at radius 1 is 1.50 bits per heavy atom. The van der Waals surface area contributed by atoms with Crippen LogP contribution in [-0.2, 0) is 14.1 Å². The minimum Gasteiger partial charge on any atom is -0.409 e. The highest BCUT2D eigenvalue weighted by Crippen LogP contribution is 2.31. The lowest BCUT2D eigenvalue weighted by atomic mass is 10.2. The van der Waals surface area contributed by atoms with Crippen molar-refractivity contribution in [3.05, 3.63) is 23.7 Å². The molecule has 0 saturated heterocycles. The van der Waals surface area contributed by atoms with Crippen LogP contribution in [0.1, 0.15) is 11.3 Å². The summed E-state index contributed by atoms with van der Waals surface area (Å²) in [7, 11) is 3.67. The van der Waals surface area contributed by atoms with Crippen LogP contribution < -0.4 is 5.73 Å². The molecule has 0 aliphatic carbocycles. The van der Waals surface area contributed by atoms with E-state index in [4.69, 9.17) is 10.9 Å². The topological polar surface area (TPSA) is 94.2 Å². The van der Waals surface area contributed by atoms with Gasteiger partial charge in [-0.3, -0.25) is 9.36 Å². The lowest BCUT2D eigenvalue weighted by Gasteiger charge is -2.03. The first-order valence-corrected chi connectivity index (χ1v) is 6.02. The molecule has 7 nitrogen and oxygen atoms in total. The van der Waals surface area contributed by atoms with E-state index >= 15 is 0 Å². The van der Waals surface area contributed by atoms with Crippen LogP contribution >= 0.6 is 11.8 Å². The fourth-order valence-electron chi connectivity index (χ4n) is 1.66. The summed E-state index contributed by atoms with van der Waals surface area (Å²) in [5.41, 5.74) is 7.05. The largest absolute Gasteiger partial charge is 0.409 e. The minimum absolute atomic E-state index is 0.0620. The Morgan fingerprint density at radius 3 is 2.78 bits per heavy atom. The van der Waals surface area contributed by atoms with Gasteiger partial charge in [0.1, 0.15) is 5.03 Å². The average Bonchev–Trinajstić information content (AvgIpc) is 2.84. The second-order valence-corrected chi connectivity index (χ2v) is 4.89. The van der Waals surface area contributed by atoms with Gasteiger partial charge in [-0.1, -0.05) is 16.9 Å². The van der Waals surface area contributed by atoms with Gasteiger partial charge in [0.25, 0.3) is 0 Å². The molecule has 0 unspecified atom stereocenters. The summed E-state index contributed by atoms with van der Waals surface area (Å²) in [6, 6.07) is 0. The maximum absolute atomic E-state index is 8.82. The Kier molecular flexibility index (Phi) is 3.28. The van der Waals surface area contributed by atoms with Crippen molar-refractivity contribution in [1.82, 2.24) is 19.6 Å². The van der Waals surface area contributed by atoms with Gasteiger partial charge in [-0.05, 0) is 6.92 Å². The highest BCUT2D eigenvalue weighted by molar-refractivity contribution is 7.99. The summed E-state index contributed by atoms with van der Waals surface area (Å²) in [5, 5.41) is 21.1. The van der Waals surface area contributed by atoms with E-state index in [9.17, 15) is 0 Å². The third kappa shape index (κ3) is 2.19. The van der Waals surface area contributed by atoms with E-state index in [0.717, 1.165) is 15.6 Å². The Hall–Kier alpha value is -1.96. The summed E-state index contributed by atoms with van der Waals surface area (Å²) in [4.78, 5) is 0.965. The molecule has 0 aliphatic heterocycles. The van der Waals surface area contributed by atoms with Crippen LogP contribution in [0.5, 0.6) is 0 Å². The second-order valence-electron chi connectivity index (χ2n) is 3.83. The number of aryl methyl sites for hydroxylation is 3. The van der Waals surface area contributed by atoms with Crippen molar-refractivity contribution in [2.45, 2.75) is 16.8 Å². The molecule has 0 atom stereocenters.